The van der Waals surface area contributed by atoms with E-state index < -0.39 is 19.4 Å². The fourth-order valence-corrected chi connectivity index (χ4v) is 0. The molecular formula is C3H3O6Sc. The van der Waals surface area contributed by atoms with E-state index in [1.807, 2.05) is 0 Å². The molecule has 0 saturated heterocycles. The summed E-state index contributed by atoms with van der Waals surface area (Å²) in [5.74, 6) is 0. The van der Waals surface area contributed by atoms with E-state index in [0.29, 0.717) is 0 Å². The standard InChI is InChI=1S/3CH2O2.Sc/c3*2-1-3;/h3*1H,(H,2,3);/q;;;+3/p-3. The van der Waals surface area contributed by atoms with Gasteiger partial charge < -0.3 is 29.7 Å². The molecule has 54 valence electrons. The first-order chi connectivity index (χ1) is 4.24. The van der Waals surface area contributed by atoms with Gasteiger partial charge in [-0.3, -0.25) is 0 Å². The van der Waals surface area contributed by atoms with Crippen LogP contribution in [0.1, 0.15) is 0 Å². The van der Waals surface area contributed by atoms with Crippen LogP contribution in [0.15, 0.2) is 0 Å². The van der Waals surface area contributed by atoms with Crippen LogP contribution < -0.4 is 15.3 Å². The van der Waals surface area contributed by atoms with E-state index >= 15 is 0 Å². The fourth-order valence-electron chi connectivity index (χ4n) is 0. The second-order valence-corrected chi connectivity index (χ2v) is 0.289. The Hall–Kier alpha value is -0.720. The molecule has 0 rings (SSSR count). The molecule has 0 saturated carbocycles. The van der Waals surface area contributed by atoms with Gasteiger partial charge in [-0.05, 0) is 0 Å². The van der Waals surface area contributed by atoms with Crippen molar-refractivity contribution < 1.29 is 55.5 Å². The van der Waals surface area contributed by atoms with E-state index in [4.69, 9.17) is 29.7 Å². The van der Waals surface area contributed by atoms with Crippen LogP contribution in [0.4, 0.5) is 0 Å². The molecule has 0 aromatic rings. The minimum atomic E-state index is -0.500. The fraction of sp³-hybridized carbons (Fsp3) is 0. The van der Waals surface area contributed by atoms with Crippen molar-refractivity contribution in [2.24, 2.45) is 0 Å². The Bertz CT molecular complexity index is 49.7. The Balaban J connectivity index is -0.0000000257. The molecule has 0 aromatic carbocycles. The zero-order valence-electron chi connectivity index (χ0n) is 4.76. The van der Waals surface area contributed by atoms with Gasteiger partial charge in [0.2, 0.25) is 0 Å². The normalized spacial score (nSPS) is 3.60. The molecule has 0 bridgehead atoms. The summed E-state index contributed by atoms with van der Waals surface area (Å²) in [6.45, 7) is -1.50. The first kappa shape index (κ1) is 22.8. The summed E-state index contributed by atoms with van der Waals surface area (Å²) in [5, 5.41) is 24.8. The molecule has 0 aromatic heterocycles. The van der Waals surface area contributed by atoms with Crippen LogP contribution in [0, 0.1) is 0 Å². The van der Waals surface area contributed by atoms with E-state index in [2.05, 4.69) is 0 Å². The Morgan fingerprint density at radius 3 is 0.700 bits per heavy atom. The van der Waals surface area contributed by atoms with Crippen molar-refractivity contribution >= 4 is 19.4 Å². The number of hydrogen-bond donors (Lipinski definition) is 0. The maximum absolute atomic E-state index is 8.25. The molecule has 10 heavy (non-hydrogen) atoms. The Kier molecular flexibility index (Phi) is 193. The molecule has 0 N–H and O–H groups in total. The van der Waals surface area contributed by atoms with Gasteiger partial charge in [-0.25, -0.2) is 0 Å². The third-order valence-corrected chi connectivity index (χ3v) is 0. The van der Waals surface area contributed by atoms with Gasteiger partial charge in [0, 0.05) is 19.4 Å². The van der Waals surface area contributed by atoms with E-state index in [9.17, 15) is 0 Å². The quantitative estimate of drug-likeness (QED) is 0.344. The van der Waals surface area contributed by atoms with Crippen molar-refractivity contribution in [1.82, 2.24) is 0 Å². The molecule has 0 aliphatic rings. The first-order valence-electron chi connectivity index (χ1n) is 1.41. The molecule has 0 radical (unpaired) electrons. The van der Waals surface area contributed by atoms with Crippen LogP contribution >= 0.6 is 0 Å². The molecule has 0 spiro atoms. The molecule has 0 atom stereocenters. The maximum atomic E-state index is 8.25. The van der Waals surface area contributed by atoms with E-state index in [1.54, 1.807) is 0 Å². The number of carbonyl (C=O) groups excluding carboxylic acids is 3. The van der Waals surface area contributed by atoms with Gasteiger partial charge in [-0.2, -0.15) is 0 Å². The van der Waals surface area contributed by atoms with Gasteiger partial charge in [0.1, 0.15) is 0 Å². The second-order valence-electron chi connectivity index (χ2n) is 0.289. The number of carbonyl (C=O) groups is 3. The summed E-state index contributed by atoms with van der Waals surface area (Å²) < 4.78 is 0. The average molecular weight is 180 g/mol. The van der Waals surface area contributed by atoms with E-state index in [0.717, 1.165) is 0 Å². The molecule has 0 amide bonds. The third kappa shape index (κ3) is 554. The smallest absolute Gasteiger partial charge is 0.554 e. The molecule has 0 aliphatic carbocycles. The Morgan fingerprint density at radius 2 is 0.700 bits per heavy atom. The topological polar surface area (TPSA) is 120 Å². The number of hydrogen-bond acceptors (Lipinski definition) is 6. The second kappa shape index (κ2) is 84.4. The Labute approximate surface area is 75.3 Å². The van der Waals surface area contributed by atoms with Crippen molar-refractivity contribution in [2.75, 3.05) is 0 Å². The zero-order valence-corrected chi connectivity index (χ0v) is 6.56. The van der Waals surface area contributed by atoms with Crippen molar-refractivity contribution in [1.29, 1.82) is 0 Å². The average Bonchev–Trinajstić information content (AvgIpc) is 1.70. The SMILES string of the molecule is O=C[O-].O=C[O-].O=C[O-].[Sc+3]. The van der Waals surface area contributed by atoms with Gasteiger partial charge in [-0.15, -0.1) is 0 Å². The zero-order chi connectivity index (χ0) is 8.12. The third-order valence-electron chi connectivity index (χ3n) is 0. The van der Waals surface area contributed by atoms with Crippen LogP contribution in [-0.2, 0) is 40.2 Å². The van der Waals surface area contributed by atoms with E-state index in [-0.39, 0.29) is 25.8 Å². The minimum absolute atomic E-state index is 0. The molecule has 7 heteroatoms. The number of carboxylic acid groups (broad SMARTS) is 3. The molecule has 0 fully saturated rings. The van der Waals surface area contributed by atoms with Gasteiger partial charge in [0.25, 0.3) is 0 Å². The first-order valence-corrected chi connectivity index (χ1v) is 1.41. The number of rotatable bonds is 0. The molecule has 6 nitrogen and oxygen atoms in total. The van der Waals surface area contributed by atoms with Crippen LogP contribution in [0.3, 0.4) is 0 Å². The van der Waals surface area contributed by atoms with Gasteiger partial charge in [-0.1, -0.05) is 0 Å². The van der Waals surface area contributed by atoms with Crippen LogP contribution in [-0.4, -0.2) is 19.4 Å². The summed E-state index contributed by atoms with van der Waals surface area (Å²) in [4.78, 5) is 24.8. The van der Waals surface area contributed by atoms with E-state index in [1.165, 1.54) is 0 Å². The van der Waals surface area contributed by atoms with Crippen molar-refractivity contribution in [2.45, 2.75) is 0 Å². The molecule has 0 aliphatic heterocycles. The van der Waals surface area contributed by atoms with Crippen LogP contribution in [0.2, 0.25) is 0 Å². The van der Waals surface area contributed by atoms with Gasteiger partial charge >= 0.3 is 25.8 Å². The monoisotopic (exact) mass is 180 g/mol. The molecule has 0 heterocycles. The van der Waals surface area contributed by atoms with Gasteiger partial charge in [0.05, 0.1) is 0 Å². The molecular weight excluding hydrogens is 177 g/mol. The summed E-state index contributed by atoms with van der Waals surface area (Å²) in [6, 6.07) is 0. The predicted molar refractivity (Wildman–Crippen MR) is 18.2 cm³/mol. The van der Waals surface area contributed by atoms with Crippen LogP contribution in [0.25, 0.3) is 0 Å². The Morgan fingerprint density at radius 1 is 0.700 bits per heavy atom. The minimum Gasteiger partial charge on any atom is -0.554 e. The summed E-state index contributed by atoms with van der Waals surface area (Å²) in [5.41, 5.74) is 0. The summed E-state index contributed by atoms with van der Waals surface area (Å²) >= 11 is 0. The largest absolute Gasteiger partial charge is 3.00 e. The predicted octanol–water partition coefficient (Wildman–Crippen LogP) is -4.90. The van der Waals surface area contributed by atoms with Crippen LogP contribution in [0.5, 0.6) is 0 Å². The van der Waals surface area contributed by atoms with Crippen molar-refractivity contribution in [3.05, 3.63) is 0 Å². The maximum Gasteiger partial charge on any atom is 3.00 e. The molecule has 0 unspecified atom stereocenters. The van der Waals surface area contributed by atoms with Crippen molar-refractivity contribution in [3.63, 3.8) is 0 Å². The summed E-state index contributed by atoms with van der Waals surface area (Å²) in [6.07, 6.45) is 0. The van der Waals surface area contributed by atoms with Gasteiger partial charge in [0.15, 0.2) is 0 Å². The van der Waals surface area contributed by atoms with Crippen molar-refractivity contribution in [3.8, 4) is 0 Å². The summed E-state index contributed by atoms with van der Waals surface area (Å²) in [7, 11) is 0.